The minimum absolute atomic E-state index is 0.0415. The highest BCUT2D eigenvalue weighted by Gasteiger charge is 2.07. The van der Waals surface area contributed by atoms with E-state index in [0.717, 1.165) is 5.56 Å². The number of nitrogens with two attached hydrogens (primary N) is 1. The lowest BCUT2D eigenvalue weighted by molar-refractivity contribution is -0.119. The first-order chi connectivity index (χ1) is 7.59. The summed E-state index contributed by atoms with van der Waals surface area (Å²) in [5.41, 5.74) is 5.89. The zero-order valence-electron chi connectivity index (χ0n) is 9.07. The molecule has 1 aromatic carbocycles. The van der Waals surface area contributed by atoms with E-state index in [0.29, 0.717) is 0 Å². The maximum atomic E-state index is 11.1. The zero-order chi connectivity index (χ0) is 12.0. The van der Waals surface area contributed by atoms with Crippen molar-refractivity contribution < 1.29 is 9.59 Å². The van der Waals surface area contributed by atoms with Gasteiger partial charge in [-0.2, -0.15) is 0 Å². The first kappa shape index (κ1) is 12.2. The van der Waals surface area contributed by atoms with Gasteiger partial charge in [0.1, 0.15) is 0 Å². The second-order valence-electron chi connectivity index (χ2n) is 3.43. The number of amides is 3. The van der Waals surface area contributed by atoms with Crippen LogP contribution >= 0.6 is 0 Å². The molecule has 0 bridgehead atoms. The molecule has 1 aromatic rings. The third-order valence-electron chi connectivity index (χ3n) is 2.13. The predicted octanol–water partition coefficient (Wildman–Crippen LogP) is 0.532. The number of hydrogen-bond acceptors (Lipinski definition) is 3. The van der Waals surface area contributed by atoms with Gasteiger partial charge in [-0.15, -0.1) is 0 Å². The molecule has 5 nitrogen and oxygen atoms in total. The highest BCUT2D eigenvalue weighted by atomic mass is 16.2. The fraction of sp³-hybridized carbons (Fsp3) is 0.273. The molecule has 0 aliphatic heterocycles. The Kier molecular flexibility index (Phi) is 4.47. The number of nitrogens with one attached hydrogen (secondary N) is 2. The first-order valence-electron chi connectivity index (χ1n) is 4.97. The van der Waals surface area contributed by atoms with Gasteiger partial charge in [0.25, 0.3) is 0 Å². The van der Waals surface area contributed by atoms with Crippen LogP contribution in [-0.2, 0) is 4.79 Å². The van der Waals surface area contributed by atoms with Gasteiger partial charge in [0, 0.05) is 6.04 Å². The summed E-state index contributed by atoms with van der Waals surface area (Å²) < 4.78 is 0. The van der Waals surface area contributed by atoms with Crippen LogP contribution in [-0.4, -0.2) is 18.5 Å². The van der Waals surface area contributed by atoms with Crippen LogP contribution in [0.2, 0.25) is 0 Å². The van der Waals surface area contributed by atoms with Crippen LogP contribution in [0, 0.1) is 0 Å². The van der Waals surface area contributed by atoms with Gasteiger partial charge in [-0.25, -0.2) is 4.79 Å². The standard InChI is InChI=1S/C11H15N3O2/c1-8(9-5-3-2-4-6-9)13-7-10(15)14-11(12)16/h2-6,8,13H,7H2,1H3,(H3,12,14,15,16). The Bertz CT molecular complexity index is 365. The lowest BCUT2D eigenvalue weighted by Gasteiger charge is -2.13. The molecule has 0 radical (unpaired) electrons. The maximum Gasteiger partial charge on any atom is 0.318 e. The lowest BCUT2D eigenvalue weighted by Crippen LogP contribution is -2.41. The fourth-order valence-electron chi connectivity index (χ4n) is 1.29. The highest BCUT2D eigenvalue weighted by molar-refractivity contribution is 5.94. The van der Waals surface area contributed by atoms with E-state index in [1.54, 1.807) is 0 Å². The largest absolute Gasteiger partial charge is 0.351 e. The van der Waals surface area contributed by atoms with E-state index in [1.807, 2.05) is 42.6 Å². The molecular formula is C11H15N3O2. The van der Waals surface area contributed by atoms with Gasteiger partial charge in [0.05, 0.1) is 6.54 Å². The van der Waals surface area contributed by atoms with Gasteiger partial charge < -0.3 is 11.1 Å². The average Bonchev–Trinajstić information content (AvgIpc) is 2.26. The number of benzene rings is 1. The van der Waals surface area contributed by atoms with Crippen molar-refractivity contribution in [1.82, 2.24) is 10.6 Å². The molecule has 1 unspecified atom stereocenters. The third kappa shape index (κ3) is 4.10. The number of primary amides is 1. The van der Waals surface area contributed by atoms with E-state index in [2.05, 4.69) is 5.32 Å². The van der Waals surface area contributed by atoms with Crippen molar-refractivity contribution in [3.05, 3.63) is 35.9 Å². The van der Waals surface area contributed by atoms with E-state index < -0.39 is 11.9 Å². The van der Waals surface area contributed by atoms with E-state index in [9.17, 15) is 9.59 Å². The molecule has 16 heavy (non-hydrogen) atoms. The van der Waals surface area contributed by atoms with Crippen molar-refractivity contribution in [2.75, 3.05) is 6.54 Å². The number of urea groups is 1. The molecule has 0 aliphatic rings. The lowest BCUT2D eigenvalue weighted by atomic mass is 10.1. The van der Waals surface area contributed by atoms with Crippen molar-refractivity contribution in [3.63, 3.8) is 0 Å². The maximum absolute atomic E-state index is 11.1. The number of carbonyl (C=O) groups excluding carboxylic acids is 2. The summed E-state index contributed by atoms with van der Waals surface area (Å²) in [6.07, 6.45) is 0. The molecule has 86 valence electrons. The Morgan fingerprint density at radius 2 is 1.94 bits per heavy atom. The molecule has 5 heteroatoms. The number of imide groups is 1. The Morgan fingerprint density at radius 1 is 1.31 bits per heavy atom. The van der Waals surface area contributed by atoms with Gasteiger partial charge in [0.2, 0.25) is 5.91 Å². The van der Waals surface area contributed by atoms with Gasteiger partial charge >= 0.3 is 6.03 Å². The Balaban J connectivity index is 2.39. The number of carbonyl (C=O) groups is 2. The molecule has 0 heterocycles. The first-order valence-corrected chi connectivity index (χ1v) is 4.97. The van der Waals surface area contributed by atoms with Crippen molar-refractivity contribution in [2.24, 2.45) is 5.73 Å². The predicted molar refractivity (Wildman–Crippen MR) is 60.6 cm³/mol. The van der Waals surface area contributed by atoms with Crippen LogP contribution < -0.4 is 16.4 Å². The quantitative estimate of drug-likeness (QED) is 0.693. The SMILES string of the molecule is CC(NCC(=O)NC(N)=O)c1ccccc1. The molecule has 0 aliphatic carbocycles. The minimum atomic E-state index is -0.834. The number of hydrogen-bond donors (Lipinski definition) is 3. The Labute approximate surface area is 94.0 Å². The molecule has 0 aromatic heterocycles. The summed E-state index contributed by atoms with van der Waals surface area (Å²) in [4.78, 5) is 21.5. The van der Waals surface area contributed by atoms with Crippen molar-refractivity contribution in [3.8, 4) is 0 Å². The Morgan fingerprint density at radius 3 is 2.50 bits per heavy atom. The average molecular weight is 221 g/mol. The number of rotatable bonds is 4. The molecule has 0 fully saturated rings. The highest BCUT2D eigenvalue weighted by Crippen LogP contribution is 2.10. The van der Waals surface area contributed by atoms with E-state index >= 15 is 0 Å². The van der Waals surface area contributed by atoms with Crippen molar-refractivity contribution >= 4 is 11.9 Å². The molecular weight excluding hydrogens is 206 g/mol. The second kappa shape index (κ2) is 5.87. The van der Waals surface area contributed by atoms with Crippen molar-refractivity contribution in [1.29, 1.82) is 0 Å². The summed E-state index contributed by atoms with van der Waals surface area (Å²) in [7, 11) is 0. The summed E-state index contributed by atoms with van der Waals surface area (Å²) in [6, 6.07) is 8.91. The van der Waals surface area contributed by atoms with Gasteiger partial charge in [-0.1, -0.05) is 30.3 Å². The van der Waals surface area contributed by atoms with Crippen LogP contribution in [0.5, 0.6) is 0 Å². The molecule has 0 spiro atoms. The summed E-state index contributed by atoms with van der Waals surface area (Å²) in [6.45, 7) is 1.99. The van der Waals surface area contributed by atoms with Gasteiger partial charge in [-0.05, 0) is 12.5 Å². The molecule has 1 atom stereocenters. The van der Waals surface area contributed by atoms with Crippen molar-refractivity contribution in [2.45, 2.75) is 13.0 Å². The fourth-order valence-corrected chi connectivity index (χ4v) is 1.29. The molecule has 1 rings (SSSR count). The zero-order valence-corrected chi connectivity index (χ0v) is 9.07. The summed E-state index contributed by atoms with van der Waals surface area (Å²) >= 11 is 0. The monoisotopic (exact) mass is 221 g/mol. The van der Waals surface area contributed by atoms with E-state index in [-0.39, 0.29) is 12.6 Å². The molecule has 0 saturated heterocycles. The molecule has 4 N–H and O–H groups in total. The summed E-state index contributed by atoms with van der Waals surface area (Å²) in [5.74, 6) is -0.435. The summed E-state index contributed by atoms with van der Waals surface area (Å²) in [5, 5.41) is 4.97. The smallest absolute Gasteiger partial charge is 0.318 e. The van der Waals surface area contributed by atoms with Crippen LogP contribution in [0.15, 0.2) is 30.3 Å². The second-order valence-corrected chi connectivity index (χ2v) is 3.43. The van der Waals surface area contributed by atoms with Crippen LogP contribution in [0.4, 0.5) is 4.79 Å². The minimum Gasteiger partial charge on any atom is -0.351 e. The van der Waals surface area contributed by atoms with E-state index in [4.69, 9.17) is 5.73 Å². The van der Waals surface area contributed by atoms with E-state index in [1.165, 1.54) is 0 Å². The van der Waals surface area contributed by atoms with Gasteiger partial charge in [-0.3, -0.25) is 10.1 Å². The molecule has 3 amide bonds. The Hall–Kier alpha value is -1.88. The topological polar surface area (TPSA) is 84.2 Å². The van der Waals surface area contributed by atoms with Crippen LogP contribution in [0.25, 0.3) is 0 Å². The van der Waals surface area contributed by atoms with Crippen LogP contribution in [0.1, 0.15) is 18.5 Å². The normalized spacial score (nSPS) is 11.8. The molecule has 0 saturated carbocycles. The van der Waals surface area contributed by atoms with Crippen LogP contribution in [0.3, 0.4) is 0 Å². The van der Waals surface area contributed by atoms with Gasteiger partial charge in [0.15, 0.2) is 0 Å². The third-order valence-corrected chi connectivity index (χ3v) is 2.13.